The van der Waals surface area contributed by atoms with Crippen LogP contribution in [0, 0.1) is 0 Å². The average molecular weight is 314 g/mol. The number of rotatable bonds is 5. The number of aromatic hydroxyl groups is 1. The van der Waals surface area contributed by atoms with Gasteiger partial charge in [-0.05, 0) is 49.4 Å². The highest BCUT2D eigenvalue weighted by atomic mass is 16.5. The van der Waals surface area contributed by atoms with Crippen LogP contribution in [0.1, 0.15) is 22.8 Å². The Balaban J connectivity index is 2.13. The van der Waals surface area contributed by atoms with E-state index in [1.165, 1.54) is 13.2 Å². The third-order valence-corrected chi connectivity index (χ3v) is 3.27. The van der Waals surface area contributed by atoms with E-state index in [-0.39, 0.29) is 11.7 Å². The van der Waals surface area contributed by atoms with Crippen LogP contribution in [-0.4, -0.2) is 30.9 Å². The van der Waals surface area contributed by atoms with Gasteiger partial charge in [0.15, 0.2) is 0 Å². The Labute approximate surface area is 134 Å². The van der Waals surface area contributed by atoms with E-state index in [2.05, 4.69) is 10.5 Å². The fraction of sp³-hybridized carbons (Fsp3) is 0.176. The molecule has 120 valence electrons. The molecule has 2 aromatic rings. The van der Waals surface area contributed by atoms with E-state index in [1.54, 1.807) is 50.4 Å². The molecule has 0 heterocycles. The van der Waals surface area contributed by atoms with Crippen molar-refractivity contribution in [3.8, 4) is 17.2 Å². The smallest absolute Gasteiger partial charge is 0.271 e. The van der Waals surface area contributed by atoms with E-state index >= 15 is 0 Å². The fourth-order valence-corrected chi connectivity index (χ4v) is 1.93. The quantitative estimate of drug-likeness (QED) is 0.656. The first-order valence-corrected chi connectivity index (χ1v) is 6.91. The first-order chi connectivity index (χ1) is 11.0. The van der Waals surface area contributed by atoms with Gasteiger partial charge in [-0.15, -0.1) is 0 Å². The van der Waals surface area contributed by atoms with Crippen molar-refractivity contribution in [2.45, 2.75) is 6.92 Å². The summed E-state index contributed by atoms with van der Waals surface area (Å²) in [5.41, 5.74) is 3.86. The molecule has 0 saturated heterocycles. The molecule has 0 atom stereocenters. The predicted octanol–water partition coefficient (Wildman–Crippen LogP) is 2.56. The summed E-state index contributed by atoms with van der Waals surface area (Å²) in [6.07, 6.45) is 0. The number of phenols is 1. The molecule has 2 N–H and O–H groups in total. The highest BCUT2D eigenvalue weighted by Crippen LogP contribution is 2.23. The van der Waals surface area contributed by atoms with Crippen molar-refractivity contribution < 1.29 is 19.4 Å². The number of nitrogens with one attached hydrogen (secondary N) is 1. The number of hydrogen-bond acceptors (Lipinski definition) is 5. The number of nitrogens with zero attached hydrogens (tertiary/aromatic N) is 1. The normalized spacial score (nSPS) is 11.0. The van der Waals surface area contributed by atoms with Gasteiger partial charge in [-0.1, -0.05) is 0 Å². The number of phenolic OH excluding ortho intramolecular Hbond substituents is 1. The number of hydrogen-bond donors (Lipinski definition) is 2. The summed E-state index contributed by atoms with van der Waals surface area (Å²) in [5.74, 6) is 0.969. The van der Waals surface area contributed by atoms with Gasteiger partial charge in [0.05, 0.1) is 19.9 Å². The van der Waals surface area contributed by atoms with Gasteiger partial charge in [-0.25, -0.2) is 5.43 Å². The van der Waals surface area contributed by atoms with E-state index in [9.17, 15) is 9.90 Å². The highest BCUT2D eigenvalue weighted by Gasteiger charge is 2.09. The van der Waals surface area contributed by atoms with Crippen LogP contribution in [-0.2, 0) is 0 Å². The number of carbonyl (C=O) groups excluding carboxylic acids is 1. The number of amides is 1. The zero-order valence-corrected chi connectivity index (χ0v) is 13.2. The molecule has 23 heavy (non-hydrogen) atoms. The Morgan fingerprint density at radius 2 is 1.65 bits per heavy atom. The zero-order valence-electron chi connectivity index (χ0n) is 13.2. The second-order valence-electron chi connectivity index (χ2n) is 4.75. The van der Waals surface area contributed by atoms with Crippen molar-refractivity contribution in [1.29, 1.82) is 0 Å². The van der Waals surface area contributed by atoms with Gasteiger partial charge in [0.1, 0.15) is 17.2 Å². The number of benzene rings is 2. The molecule has 0 fully saturated rings. The molecule has 1 amide bonds. The maximum atomic E-state index is 12.0. The van der Waals surface area contributed by atoms with Crippen LogP contribution in [0.15, 0.2) is 47.6 Å². The number of carbonyl (C=O) groups is 1. The predicted molar refractivity (Wildman–Crippen MR) is 87.3 cm³/mol. The highest BCUT2D eigenvalue weighted by molar-refractivity contribution is 6.02. The molecule has 0 aromatic heterocycles. The van der Waals surface area contributed by atoms with Gasteiger partial charge < -0.3 is 14.6 Å². The van der Waals surface area contributed by atoms with Gasteiger partial charge in [-0.3, -0.25) is 4.79 Å². The van der Waals surface area contributed by atoms with Crippen LogP contribution < -0.4 is 14.9 Å². The molecular weight excluding hydrogens is 296 g/mol. The zero-order chi connectivity index (χ0) is 16.8. The molecule has 0 bridgehead atoms. The summed E-state index contributed by atoms with van der Waals surface area (Å²) in [6.45, 7) is 1.68. The number of hydrazone groups is 1. The van der Waals surface area contributed by atoms with E-state index in [1.807, 2.05) is 0 Å². The topological polar surface area (TPSA) is 80.2 Å². The Morgan fingerprint density at radius 3 is 2.26 bits per heavy atom. The fourth-order valence-electron chi connectivity index (χ4n) is 1.93. The van der Waals surface area contributed by atoms with Crippen molar-refractivity contribution in [3.05, 3.63) is 53.6 Å². The molecule has 6 heteroatoms. The Bertz CT molecular complexity index is 724. The molecule has 0 aliphatic heterocycles. The molecule has 2 aromatic carbocycles. The first kappa shape index (κ1) is 16.4. The largest absolute Gasteiger partial charge is 0.507 e. The maximum Gasteiger partial charge on any atom is 0.271 e. The lowest BCUT2D eigenvalue weighted by Crippen LogP contribution is -2.19. The minimum atomic E-state index is -0.352. The molecule has 6 nitrogen and oxygen atoms in total. The molecule has 0 aliphatic carbocycles. The summed E-state index contributed by atoms with van der Waals surface area (Å²) in [7, 11) is 3.09. The number of methoxy groups -OCH3 is 2. The van der Waals surface area contributed by atoms with Crippen LogP contribution in [0.3, 0.4) is 0 Å². The molecule has 0 saturated carbocycles. The Morgan fingerprint density at radius 1 is 1.04 bits per heavy atom. The lowest BCUT2D eigenvalue weighted by Gasteiger charge is -2.07. The lowest BCUT2D eigenvalue weighted by molar-refractivity contribution is 0.0955. The summed E-state index contributed by atoms with van der Waals surface area (Å²) in [4.78, 5) is 12.0. The third kappa shape index (κ3) is 4.00. The van der Waals surface area contributed by atoms with Crippen molar-refractivity contribution in [2.75, 3.05) is 14.2 Å². The molecular formula is C17H18N2O4. The van der Waals surface area contributed by atoms with Crippen LogP contribution in [0.4, 0.5) is 0 Å². The number of ether oxygens (including phenoxy) is 2. The van der Waals surface area contributed by atoms with Gasteiger partial charge in [0, 0.05) is 11.1 Å². The van der Waals surface area contributed by atoms with Gasteiger partial charge in [0.25, 0.3) is 5.91 Å². The van der Waals surface area contributed by atoms with Gasteiger partial charge in [0.2, 0.25) is 0 Å². The summed E-state index contributed by atoms with van der Waals surface area (Å²) in [5, 5.41) is 13.9. The second-order valence-corrected chi connectivity index (χ2v) is 4.75. The SMILES string of the molecule is COc1ccc(C(=O)N/N=C(\C)c2cc(OC)ccc2O)cc1. The van der Waals surface area contributed by atoms with Gasteiger partial charge >= 0.3 is 0 Å². The van der Waals surface area contributed by atoms with E-state index < -0.39 is 0 Å². The minimum absolute atomic E-state index is 0.0609. The molecule has 0 unspecified atom stereocenters. The Hall–Kier alpha value is -3.02. The van der Waals surface area contributed by atoms with Crippen LogP contribution in [0.25, 0.3) is 0 Å². The monoisotopic (exact) mass is 314 g/mol. The maximum absolute atomic E-state index is 12.0. The lowest BCUT2D eigenvalue weighted by atomic mass is 10.1. The third-order valence-electron chi connectivity index (χ3n) is 3.27. The molecule has 0 aliphatic rings. The van der Waals surface area contributed by atoms with Crippen molar-refractivity contribution in [3.63, 3.8) is 0 Å². The first-order valence-electron chi connectivity index (χ1n) is 6.91. The molecule has 2 rings (SSSR count). The average Bonchev–Trinajstić information content (AvgIpc) is 2.59. The van der Waals surface area contributed by atoms with Crippen LogP contribution in [0.5, 0.6) is 17.2 Å². The van der Waals surface area contributed by atoms with Crippen molar-refractivity contribution >= 4 is 11.6 Å². The summed E-state index contributed by atoms with van der Waals surface area (Å²) >= 11 is 0. The van der Waals surface area contributed by atoms with Crippen LogP contribution in [0.2, 0.25) is 0 Å². The standard InChI is InChI=1S/C17H18N2O4/c1-11(15-10-14(23-3)8-9-16(15)20)18-19-17(21)12-4-6-13(22-2)7-5-12/h4-10,20H,1-3H3,(H,19,21)/b18-11+. The van der Waals surface area contributed by atoms with E-state index in [0.717, 1.165) is 0 Å². The van der Waals surface area contributed by atoms with Crippen molar-refractivity contribution in [1.82, 2.24) is 5.43 Å². The van der Waals surface area contributed by atoms with Gasteiger partial charge in [-0.2, -0.15) is 5.10 Å². The Kier molecular flexibility index (Phi) is 5.19. The molecule has 0 radical (unpaired) electrons. The van der Waals surface area contributed by atoms with Crippen molar-refractivity contribution in [2.24, 2.45) is 5.10 Å². The van der Waals surface area contributed by atoms with E-state index in [0.29, 0.717) is 28.3 Å². The van der Waals surface area contributed by atoms with E-state index in [4.69, 9.17) is 9.47 Å². The summed E-state index contributed by atoms with van der Waals surface area (Å²) in [6, 6.07) is 11.5. The second kappa shape index (κ2) is 7.31. The summed E-state index contributed by atoms with van der Waals surface area (Å²) < 4.78 is 10.2. The minimum Gasteiger partial charge on any atom is -0.507 e. The molecule has 0 spiro atoms. The van der Waals surface area contributed by atoms with Crippen LogP contribution >= 0.6 is 0 Å².